The van der Waals surface area contributed by atoms with Gasteiger partial charge < -0.3 is 0 Å². The Hall–Kier alpha value is -0.760. The van der Waals surface area contributed by atoms with Crippen LogP contribution in [0.3, 0.4) is 0 Å². The molecule has 2 fully saturated rings. The van der Waals surface area contributed by atoms with E-state index in [-0.39, 0.29) is 6.54 Å². The number of alkyl halides is 3. The minimum Gasteiger partial charge on any atom is -0.298 e. The van der Waals surface area contributed by atoms with Crippen LogP contribution >= 0.6 is 0 Å². The highest BCUT2D eigenvalue weighted by molar-refractivity contribution is 4.95. The molecule has 0 spiro atoms. The van der Waals surface area contributed by atoms with Gasteiger partial charge in [0, 0.05) is 19.1 Å². The Labute approximate surface area is 93.0 Å². The molecule has 0 radical (unpaired) electrons. The van der Waals surface area contributed by atoms with Crippen molar-refractivity contribution in [2.75, 3.05) is 13.1 Å². The first-order chi connectivity index (χ1) is 7.50. The Morgan fingerprint density at radius 2 is 1.88 bits per heavy atom. The SMILES string of the molecule is N#CC(CN(CC1CC1)C1CC1)C(F)(F)F. The average molecular weight is 232 g/mol. The minimum absolute atomic E-state index is 0.138. The molecule has 5 heteroatoms. The van der Waals surface area contributed by atoms with Crippen LogP contribution in [0.5, 0.6) is 0 Å². The van der Waals surface area contributed by atoms with Crippen LogP contribution in [-0.2, 0) is 0 Å². The van der Waals surface area contributed by atoms with Crippen LogP contribution in [0.2, 0.25) is 0 Å². The fourth-order valence-electron chi connectivity index (χ4n) is 1.90. The van der Waals surface area contributed by atoms with E-state index >= 15 is 0 Å². The van der Waals surface area contributed by atoms with E-state index in [1.807, 2.05) is 4.90 Å². The van der Waals surface area contributed by atoms with E-state index in [9.17, 15) is 13.2 Å². The molecule has 2 rings (SSSR count). The molecule has 0 saturated heterocycles. The molecular formula is C11H15F3N2. The highest BCUT2D eigenvalue weighted by Crippen LogP contribution is 2.36. The molecule has 0 amide bonds. The summed E-state index contributed by atoms with van der Waals surface area (Å²) < 4.78 is 37.4. The maximum atomic E-state index is 12.5. The Morgan fingerprint density at radius 1 is 1.25 bits per heavy atom. The number of nitriles is 1. The van der Waals surface area contributed by atoms with E-state index in [1.165, 1.54) is 6.07 Å². The number of rotatable bonds is 5. The molecule has 0 heterocycles. The summed E-state index contributed by atoms with van der Waals surface area (Å²) in [5, 5.41) is 8.57. The van der Waals surface area contributed by atoms with Crippen molar-refractivity contribution in [2.45, 2.75) is 37.9 Å². The van der Waals surface area contributed by atoms with Crippen molar-refractivity contribution in [1.29, 1.82) is 5.26 Å². The predicted octanol–water partition coefficient (Wildman–Crippen LogP) is 2.56. The molecule has 2 nitrogen and oxygen atoms in total. The topological polar surface area (TPSA) is 27.0 Å². The number of nitrogens with zero attached hydrogens (tertiary/aromatic N) is 2. The molecule has 0 N–H and O–H groups in total. The van der Waals surface area contributed by atoms with Gasteiger partial charge in [-0.15, -0.1) is 0 Å². The van der Waals surface area contributed by atoms with Crippen LogP contribution < -0.4 is 0 Å². The predicted molar refractivity (Wildman–Crippen MR) is 52.5 cm³/mol. The summed E-state index contributed by atoms with van der Waals surface area (Å²) >= 11 is 0. The molecule has 1 atom stereocenters. The zero-order valence-electron chi connectivity index (χ0n) is 9.00. The first-order valence-corrected chi connectivity index (χ1v) is 5.71. The highest BCUT2D eigenvalue weighted by Gasteiger charge is 2.44. The summed E-state index contributed by atoms with van der Waals surface area (Å²) in [6.45, 7) is 0.611. The lowest BCUT2D eigenvalue weighted by atomic mass is 10.1. The summed E-state index contributed by atoms with van der Waals surface area (Å²) in [5.41, 5.74) is 0. The molecule has 0 aromatic rings. The smallest absolute Gasteiger partial charge is 0.298 e. The second-order valence-electron chi connectivity index (χ2n) is 4.85. The summed E-state index contributed by atoms with van der Waals surface area (Å²) in [6.07, 6.45) is -0.143. The Balaban J connectivity index is 1.90. The second-order valence-corrected chi connectivity index (χ2v) is 4.85. The third-order valence-corrected chi connectivity index (χ3v) is 3.22. The van der Waals surface area contributed by atoms with Crippen molar-refractivity contribution in [1.82, 2.24) is 4.90 Å². The van der Waals surface area contributed by atoms with Gasteiger partial charge in [-0.2, -0.15) is 18.4 Å². The van der Waals surface area contributed by atoms with E-state index in [4.69, 9.17) is 5.26 Å². The summed E-state index contributed by atoms with van der Waals surface area (Å²) in [7, 11) is 0. The normalized spacial score (nSPS) is 23.2. The molecule has 0 aromatic heterocycles. The molecule has 2 aliphatic carbocycles. The van der Waals surface area contributed by atoms with Gasteiger partial charge in [-0.05, 0) is 31.6 Å². The van der Waals surface area contributed by atoms with E-state index in [0.29, 0.717) is 12.0 Å². The van der Waals surface area contributed by atoms with Crippen molar-refractivity contribution in [3.05, 3.63) is 0 Å². The zero-order chi connectivity index (χ0) is 11.8. The first-order valence-electron chi connectivity index (χ1n) is 5.71. The fraction of sp³-hybridized carbons (Fsp3) is 0.909. The maximum Gasteiger partial charge on any atom is 0.405 e. The fourth-order valence-corrected chi connectivity index (χ4v) is 1.90. The third kappa shape index (κ3) is 3.11. The highest BCUT2D eigenvalue weighted by atomic mass is 19.4. The molecule has 1 unspecified atom stereocenters. The molecule has 0 aromatic carbocycles. The Kier molecular flexibility index (Phi) is 3.11. The van der Waals surface area contributed by atoms with Crippen LogP contribution in [0.25, 0.3) is 0 Å². The first kappa shape index (κ1) is 11.7. The molecule has 0 bridgehead atoms. The number of hydrogen-bond donors (Lipinski definition) is 0. The largest absolute Gasteiger partial charge is 0.405 e. The maximum absolute atomic E-state index is 12.5. The molecule has 2 saturated carbocycles. The lowest BCUT2D eigenvalue weighted by molar-refractivity contribution is -0.163. The zero-order valence-corrected chi connectivity index (χ0v) is 9.00. The Bertz CT molecular complexity index is 287. The van der Waals surface area contributed by atoms with Crippen molar-refractivity contribution in [3.8, 4) is 6.07 Å². The standard InChI is InChI=1S/C11H15F3N2/c12-11(13,14)9(5-15)7-16(10-3-4-10)6-8-1-2-8/h8-10H,1-4,6-7H2. The van der Waals surface area contributed by atoms with Gasteiger partial charge in [0.05, 0.1) is 6.07 Å². The van der Waals surface area contributed by atoms with Gasteiger partial charge in [0.1, 0.15) is 0 Å². The second kappa shape index (κ2) is 4.25. The van der Waals surface area contributed by atoms with E-state index < -0.39 is 12.1 Å². The van der Waals surface area contributed by atoms with Crippen LogP contribution in [0.15, 0.2) is 0 Å². The van der Waals surface area contributed by atoms with Gasteiger partial charge in [0.2, 0.25) is 0 Å². The van der Waals surface area contributed by atoms with Gasteiger partial charge in [-0.1, -0.05) is 0 Å². The molecule has 0 aliphatic heterocycles. The number of hydrogen-bond acceptors (Lipinski definition) is 2. The quantitative estimate of drug-likeness (QED) is 0.728. The van der Waals surface area contributed by atoms with Gasteiger partial charge in [-0.25, -0.2) is 0 Å². The van der Waals surface area contributed by atoms with Gasteiger partial charge in [-0.3, -0.25) is 4.90 Å². The minimum atomic E-state index is -4.38. The Morgan fingerprint density at radius 3 is 2.25 bits per heavy atom. The van der Waals surface area contributed by atoms with E-state index in [0.717, 1.165) is 32.2 Å². The van der Waals surface area contributed by atoms with Gasteiger partial charge in [0.15, 0.2) is 5.92 Å². The van der Waals surface area contributed by atoms with Crippen LogP contribution in [-0.4, -0.2) is 30.2 Å². The molecule has 16 heavy (non-hydrogen) atoms. The molecule has 90 valence electrons. The lowest BCUT2D eigenvalue weighted by Crippen LogP contribution is -2.38. The van der Waals surface area contributed by atoms with Crippen LogP contribution in [0.4, 0.5) is 13.2 Å². The average Bonchev–Trinajstić information content (AvgIpc) is 2.97. The monoisotopic (exact) mass is 232 g/mol. The van der Waals surface area contributed by atoms with E-state index in [1.54, 1.807) is 0 Å². The van der Waals surface area contributed by atoms with Crippen LogP contribution in [0.1, 0.15) is 25.7 Å². The third-order valence-electron chi connectivity index (χ3n) is 3.22. The van der Waals surface area contributed by atoms with Crippen molar-refractivity contribution in [3.63, 3.8) is 0 Å². The van der Waals surface area contributed by atoms with Gasteiger partial charge >= 0.3 is 6.18 Å². The molecule has 2 aliphatic rings. The summed E-state index contributed by atoms with van der Waals surface area (Å²) in [6, 6.07) is 1.69. The summed E-state index contributed by atoms with van der Waals surface area (Å²) in [4.78, 5) is 1.87. The lowest BCUT2D eigenvalue weighted by Gasteiger charge is -2.25. The van der Waals surface area contributed by atoms with Crippen LogP contribution in [0, 0.1) is 23.2 Å². The van der Waals surface area contributed by atoms with Crippen molar-refractivity contribution < 1.29 is 13.2 Å². The van der Waals surface area contributed by atoms with E-state index in [2.05, 4.69) is 0 Å². The summed E-state index contributed by atoms with van der Waals surface area (Å²) in [5.74, 6) is -1.25. The van der Waals surface area contributed by atoms with Gasteiger partial charge in [0.25, 0.3) is 0 Å². The van der Waals surface area contributed by atoms with Crippen molar-refractivity contribution in [2.24, 2.45) is 11.8 Å². The molecular weight excluding hydrogens is 217 g/mol. The number of halogens is 3. The van der Waals surface area contributed by atoms with Crippen molar-refractivity contribution >= 4 is 0 Å².